The molecular formula is C40H57Cl2F4N7O8. The average molecular weight is 911 g/mol. The van der Waals surface area contributed by atoms with Crippen LogP contribution in [-0.4, -0.2) is 154 Å². The summed E-state index contributed by atoms with van der Waals surface area (Å²) >= 11 is 12.7. The molecule has 61 heavy (non-hydrogen) atoms. The average Bonchev–Trinajstić information content (AvgIpc) is 3.58. The molecule has 2 aliphatic heterocycles. The number of nitrogens with one attached hydrogen (secondary N) is 3. The molecular weight excluding hydrogens is 853 g/mol. The second-order valence-corrected chi connectivity index (χ2v) is 17.2. The molecule has 8 atom stereocenters. The van der Waals surface area contributed by atoms with Gasteiger partial charge >= 0.3 is 6.18 Å². The topological polar surface area (TPSA) is 189 Å². The van der Waals surface area contributed by atoms with Crippen molar-refractivity contribution in [3.8, 4) is 0 Å². The van der Waals surface area contributed by atoms with Crippen molar-refractivity contribution in [1.29, 1.82) is 0 Å². The van der Waals surface area contributed by atoms with Gasteiger partial charge in [-0.3, -0.25) is 33.6 Å². The van der Waals surface area contributed by atoms with Crippen molar-refractivity contribution in [3.05, 3.63) is 33.8 Å². The van der Waals surface area contributed by atoms with Crippen molar-refractivity contribution in [2.24, 2.45) is 5.92 Å². The Kier molecular flexibility index (Phi) is 17.8. The van der Waals surface area contributed by atoms with E-state index in [1.54, 1.807) is 32.2 Å². The first-order valence-corrected chi connectivity index (χ1v) is 20.9. The zero-order valence-corrected chi connectivity index (χ0v) is 37.1. The summed E-state index contributed by atoms with van der Waals surface area (Å²) in [5.74, 6) is -6.59. The highest BCUT2D eigenvalue weighted by atomic mass is 35.5. The summed E-state index contributed by atoms with van der Waals surface area (Å²) in [6.45, 7) is 6.07. The van der Waals surface area contributed by atoms with Gasteiger partial charge in [-0.2, -0.15) is 13.2 Å². The van der Waals surface area contributed by atoms with Gasteiger partial charge in [-0.25, -0.2) is 4.39 Å². The summed E-state index contributed by atoms with van der Waals surface area (Å²) in [5, 5.41) is 18.4. The number of carbonyl (C=O) groups is 7. The number of benzene rings is 1. The molecule has 0 spiro atoms. The fraction of sp³-hybridized carbons (Fsp3) is 0.675. The van der Waals surface area contributed by atoms with Gasteiger partial charge in [0.2, 0.25) is 41.0 Å². The molecule has 4 N–H and O–H groups in total. The van der Waals surface area contributed by atoms with E-state index in [0.717, 1.165) is 4.90 Å². The summed E-state index contributed by atoms with van der Waals surface area (Å²) < 4.78 is 55.0. The predicted molar refractivity (Wildman–Crippen MR) is 218 cm³/mol. The lowest BCUT2D eigenvalue weighted by Crippen LogP contribution is -2.61. The maximum absolute atomic E-state index is 14.5. The van der Waals surface area contributed by atoms with Crippen LogP contribution in [0.1, 0.15) is 78.7 Å². The zero-order valence-electron chi connectivity index (χ0n) is 35.6. The molecule has 2 fully saturated rings. The lowest BCUT2D eigenvalue weighted by Gasteiger charge is -2.35. The number of alkyl halides is 4. The Morgan fingerprint density at radius 2 is 1.62 bits per heavy atom. The van der Waals surface area contributed by atoms with Crippen molar-refractivity contribution >= 4 is 64.6 Å². The SMILES string of the molecule is CC[C@H]1NC(=O)[C@H](Cc2cc(Cl)ccc2Cl)N(C)C(=O)[C@H](CC(C)C)NC(=O)[C@@H](N(C)C(=O)[C@H](C)NC(=O)[C@@H]2C[C@@H](F)CN2C(=O)[C@@](C)(O)C(F)(F)F)CCCCN(C)C1=O. The van der Waals surface area contributed by atoms with Crippen LogP contribution in [0.4, 0.5) is 17.6 Å². The van der Waals surface area contributed by atoms with E-state index in [-0.39, 0.29) is 61.4 Å². The quantitative estimate of drug-likeness (QED) is 0.258. The fourth-order valence-electron chi connectivity index (χ4n) is 7.33. The molecule has 2 saturated heterocycles. The number of halogens is 6. The number of likely N-dealkylation sites (N-methyl/N-ethyl adjacent to an activating group) is 3. The van der Waals surface area contributed by atoms with Gasteiger partial charge in [0, 0.05) is 50.6 Å². The minimum atomic E-state index is -5.44. The number of carbonyl (C=O) groups excluding carboxylic acids is 7. The molecule has 0 bridgehead atoms. The maximum Gasteiger partial charge on any atom is 0.426 e. The highest BCUT2D eigenvalue weighted by Gasteiger charge is 2.59. The van der Waals surface area contributed by atoms with Crippen LogP contribution in [0.25, 0.3) is 0 Å². The first kappa shape index (κ1) is 51.1. The smallest absolute Gasteiger partial charge is 0.373 e. The molecule has 342 valence electrons. The summed E-state index contributed by atoms with van der Waals surface area (Å²) in [4.78, 5) is 100. The Balaban J connectivity index is 1.97. The number of hydrogen-bond donors (Lipinski definition) is 4. The molecule has 0 aliphatic carbocycles. The summed E-state index contributed by atoms with van der Waals surface area (Å²) in [7, 11) is 4.21. The Morgan fingerprint density at radius 1 is 1.00 bits per heavy atom. The molecule has 1 aromatic rings. The normalized spacial score (nSPS) is 25.5. The third-order valence-electron chi connectivity index (χ3n) is 11.1. The van der Waals surface area contributed by atoms with Crippen molar-refractivity contribution < 1.29 is 56.2 Å². The van der Waals surface area contributed by atoms with E-state index >= 15 is 0 Å². The van der Waals surface area contributed by atoms with E-state index < -0.39 is 109 Å². The van der Waals surface area contributed by atoms with Crippen molar-refractivity contribution in [3.63, 3.8) is 0 Å². The molecule has 1 aromatic carbocycles. The van der Waals surface area contributed by atoms with Crippen molar-refractivity contribution in [1.82, 2.24) is 35.6 Å². The van der Waals surface area contributed by atoms with Crippen LogP contribution in [0.5, 0.6) is 0 Å². The van der Waals surface area contributed by atoms with Gasteiger partial charge in [0.1, 0.15) is 42.4 Å². The van der Waals surface area contributed by atoms with E-state index in [9.17, 15) is 56.2 Å². The molecule has 2 heterocycles. The summed E-state index contributed by atoms with van der Waals surface area (Å²) in [5.41, 5.74) is -3.48. The molecule has 7 amide bonds. The Morgan fingerprint density at radius 3 is 2.21 bits per heavy atom. The molecule has 3 rings (SSSR count). The first-order valence-electron chi connectivity index (χ1n) is 20.1. The minimum Gasteiger partial charge on any atom is -0.373 e. The zero-order chi connectivity index (χ0) is 46.3. The predicted octanol–water partition coefficient (Wildman–Crippen LogP) is 3.01. The van der Waals surface area contributed by atoms with E-state index in [0.29, 0.717) is 17.0 Å². The lowest BCUT2D eigenvalue weighted by atomic mass is 9.98. The molecule has 0 unspecified atom stereocenters. The molecule has 15 nitrogen and oxygen atoms in total. The van der Waals surface area contributed by atoms with Gasteiger partial charge in [0.05, 0.1) is 6.54 Å². The lowest BCUT2D eigenvalue weighted by molar-refractivity contribution is -0.250. The maximum atomic E-state index is 14.5. The van der Waals surface area contributed by atoms with E-state index in [2.05, 4.69) is 16.0 Å². The summed E-state index contributed by atoms with van der Waals surface area (Å²) in [6.07, 6.45) is -7.18. The first-order chi connectivity index (χ1) is 28.2. The van der Waals surface area contributed by atoms with Crippen LogP contribution in [0, 0.1) is 5.92 Å². The third kappa shape index (κ3) is 12.7. The van der Waals surface area contributed by atoms with Crippen molar-refractivity contribution in [2.75, 3.05) is 34.2 Å². The monoisotopic (exact) mass is 909 g/mol. The number of amides is 7. The van der Waals surface area contributed by atoms with Crippen molar-refractivity contribution in [2.45, 2.75) is 134 Å². The molecule has 2 aliphatic rings. The second kappa shape index (κ2) is 21.2. The Bertz CT molecular complexity index is 1800. The molecule has 0 radical (unpaired) electrons. The second-order valence-electron chi connectivity index (χ2n) is 16.4. The molecule has 0 saturated carbocycles. The van der Waals surface area contributed by atoms with Gasteiger partial charge in [-0.05, 0) is 75.6 Å². The Labute approximate surface area is 363 Å². The van der Waals surface area contributed by atoms with E-state index in [1.165, 1.54) is 30.8 Å². The van der Waals surface area contributed by atoms with Gasteiger partial charge in [-0.15, -0.1) is 0 Å². The number of rotatable bonds is 10. The minimum absolute atomic E-state index is 0.0139. The number of likely N-dealkylation sites (tertiary alicyclic amines) is 1. The van der Waals surface area contributed by atoms with Crippen LogP contribution in [-0.2, 0) is 40.0 Å². The largest absolute Gasteiger partial charge is 0.426 e. The number of nitrogens with zero attached hydrogens (tertiary/aromatic N) is 4. The van der Waals surface area contributed by atoms with Gasteiger partial charge in [0.15, 0.2) is 0 Å². The molecule has 0 aromatic heterocycles. The van der Waals surface area contributed by atoms with Gasteiger partial charge in [-0.1, -0.05) is 44.0 Å². The number of hydrogen-bond acceptors (Lipinski definition) is 8. The summed E-state index contributed by atoms with van der Waals surface area (Å²) in [6, 6.07) is -3.28. The van der Waals surface area contributed by atoms with Crippen LogP contribution in [0.3, 0.4) is 0 Å². The van der Waals surface area contributed by atoms with Crippen LogP contribution in [0.15, 0.2) is 18.2 Å². The third-order valence-corrected chi connectivity index (χ3v) is 11.7. The molecule has 21 heteroatoms. The standard InChI is InChI=1S/C40H57Cl2F4N7O8/c1-9-27-36(58)50(6)15-11-10-12-29(51(7)35(57)22(4)47-34(56)31-19-25(43)20-53(31)38(60)39(5,61)40(44,45)46)32(54)49-28(16-21(2)3)37(59)52(8)30(33(55)48-27)18-23-17-24(41)13-14-26(23)42/h13-14,17,21-22,25,27-31,61H,9-12,15-16,18-20H2,1-8H3,(H,47,56)(H,48,55)(H,49,54)/t22-,25+,27+,28-,29-,30-,31-,39+/m0/s1. The Hall–Kier alpha value is -4.23. The van der Waals surface area contributed by atoms with Crippen LogP contribution >= 0.6 is 23.2 Å². The van der Waals surface area contributed by atoms with E-state index in [1.807, 2.05) is 13.8 Å². The van der Waals surface area contributed by atoms with Gasteiger partial charge in [0.25, 0.3) is 5.91 Å². The fourth-order valence-corrected chi connectivity index (χ4v) is 7.72. The van der Waals surface area contributed by atoms with Crippen LogP contribution < -0.4 is 16.0 Å². The highest BCUT2D eigenvalue weighted by Crippen LogP contribution is 2.34. The highest BCUT2D eigenvalue weighted by molar-refractivity contribution is 6.33. The number of aliphatic hydroxyl groups is 1. The van der Waals surface area contributed by atoms with Crippen LogP contribution in [0.2, 0.25) is 10.0 Å². The van der Waals surface area contributed by atoms with Gasteiger partial charge < -0.3 is 40.7 Å². The van der Waals surface area contributed by atoms with E-state index in [4.69, 9.17) is 23.2 Å².